The number of halogens is 2. The number of ether oxygens (including phenoxy) is 1. The highest BCUT2D eigenvalue weighted by atomic mass is 79.9. The third-order valence-corrected chi connectivity index (χ3v) is 3.03. The Hall–Kier alpha value is -2.02. The lowest BCUT2D eigenvalue weighted by Crippen LogP contribution is -2.06. The minimum absolute atomic E-state index is 0.211. The zero-order chi connectivity index (χ0) is 15.4. The van der Waals surface area contributed by atoms with Crippen LogP contribution in [0.3, 0.4) is 0 Å². The summed E-state index contributed by atoms with van der Waals surface area (Å²) in [6.45, 7) is 3.25. The molecule has 0 aliphatic carbocycles. The molecule has 1 unspecified atom stereocenters. The Morgan fingerprint density at radius 2 is 2.24 bits per heavy atom. The van der Waals surface area contributed by atoms with Gasteiger partial charge >= 0.3 is 5.97 Å². The fourth-order valence-electron chi connectivity index (χ4n) is 1.54. The number of nitrogens with zero attached hydrogens (tertiary/aromatic N) is 2. The van der Waals surface area contributed by atoms with Gasteiger partial charge in [0.25, 0.3) is 5.89 Å². The fraction of sp³-hybridized carbons (Fsp3) is 0.214. The predicted octanol–water partition coefficient (Wildman–Crippen LogP) is 3.60. The van der Waals surface area contributed by atoms with E-state index in [9.17, 15) is 9.18 Å². The number of carbonyl (C=O) groups is 1. The molecule has 0 fully saturated rings. The molecule has 7 heteroatoms. The van der Waals surface area contributed by atoms with Crippen molar-refractivity contribution in [2.45, 2.75) is 20.0 Å². The third-order valence-electron chi connectivity index (χ3n) is 2.54. The maximum absolute atomic E-state index is 13.5. The largest absolute Gasteiger partial charge is 0.449 e. The molecule has 0 radical (unpaired) electrons. The van der Waals surface area contributed by atoms with E-state index >= 15 is 0 Å². The van der Waals surface area contributed by atoms with Gasteiger partial charge in [-0.05, 0) is 31.2 Å². The summed E-state index contributed by atoms with van der Waals surface area (Å²) in [5.74, 6) is -0.455. The molecule has 1 aromatic heterocycles. The lowest BCUT2D eigenvalue weighted by molar-refractivity contribution is -0.143. The van der Waals surface area contributed by atoms with Crippen LogP contribution in [0.5, 0.6) is 0 Å². The van der Waals surface area contributed by atoms with Gasteiger partial charge < -0.3 is 9.15 Å². The highest BCUT2D eigenvalue weighted by molar-refractivity contribution is 9.10. The quantitative estimate of drug-likeness (QED) is 0.619. The molecule has 21 heavy (non-hydrogen) atoms. The zero-order valence-corrected chi connectivity index (χ0v) is 12.9. The van der Waals surface area contributed by atoms with Gasteiger partial charge in [0.15, 0.2) is 6.10 Å². The van der Waals surface area contributed by atoms with E-state index in [1.807, 2.05) is 0 Å². The van der Waals surface area contributed by atoms with Crippen molar-refractivity contribution in [3.05, 3.63) is 51.9 Å². The van der Waals surface area contributed by atoms with Crippen LogP contribution >= 0.6 is 15.9 Å². The Bertz CT molecular complexity index is 685. The molecule has 110 valence electrons. The minimum atomic E-state index is -0.671. The van der Waals surface area contributed by atoms with Gasteiger partial charge in [-0.1, -0.05) is 15.9 Å². The molecule has 0 amide bonds. The summed E-state index contributed by atoms with van der Waals surface area (Å²) in [4.78, 5) is 11.7. The topological polar surface area (TPSA) is 65.2 Å². The highest BCUT2D eigenvalue weighted by Gasteiger charge is 2.16. The molecule has 0 bridgehead atoms. The Balaban J connectivity index is 2.01. The second-order valence-corrected chi connectivity index (χ2v) is 5.15. The molecule has 0 spiro atoms. The van der Waals surface area contributed by atoms with Gasteiger partial charge in [-0.2, -0.15) is 0 Å². The normalized spacial score (nSPS) is 12.6. The molecular weight excluding hydrogens is 343 g/mol. The van der Waals surface area contributed by atoms with Crippen molar-refractivity contribution >= 4 is 28.0 Å². The molecule has 5 nitrogen and oxygen atoms in total. The number of aromatic nitrogens is 2. The molecular formula is C14H12BrFN2O3. The first-order valence-corrected chi connectivity index (χ1v) is 6.89. The van der Waals surface area contributed by atoms with Crippen LogP contribution < -0.4 is 0 Å². The summed E-state index contributed by atoms with van der Waals surface area (Å²) < 4.78 is 24.4. The maximum atomic E-state index is 13.5. The summed E-state index contributed by atoms with van der Waals surface area (Å²) in [5.41, 5.74) is 0.280. The first-order chi connectivity index (χ1) is 9.95. The van der Waals surface area contributed by atoms with Crippen LogP contribution in [0.4, 0.5) is 4.39 Å². The van der Waals surface area contributed by atoms with Crippen LogP contribution in [0.2, 0.25) is 0 Å². The van der Waals surface area contributed by atoms with E-state index in [0.717, 1.165) is 6.08 Å². The van der Waals surface area contributed by atoms with E-state index < -0.39 is 17.9 Å². The van der Waals surface area contributed by atoms with Crippen LogP contribution in [0.1, 0.15) is 30.4 Å². The van der Waals surface area contributed by atoms with E-state index in [0.29, 0.717) is 10.4 Å². The summed E-state index contributed by atoms with van der Waals surface area (Å²) in [5, 5.41) is 7.41. The van der Waals surface area contributed by atoms with Gasteiger partial charge in [-0.25, -0.2) is 9.18 Å². The molecule has 0 aliphatic heterocycles. The Morgan fingerprint density at radius 3 is 2.90 bits per heavy atom. The van der Waals surface area contributed by atoms with Crippen LogP contribution in [-0.2, 0) is 9.53 Å². The van der Waals surface area contributed by atoms with E-state index in [1.54, 1.807) is 26.0 Å². The number of carbonyl (C=O) groups excluding carboxylic acids is 1. The van der Waals surface area contributed by atoms with Crippen molar-refractivity contribution in [2.75, 3.05) is 0 Å². The standard InChI is InChI=1S/C14H12BrFN2O3/c1-8(14-18-17-9(2)21-14)20-13(19)6-3-10-7-11(15)4-5-12(10)16/h3-8H,1-2H3/b6-3+. The van der Waals surface area contributed by atoms with Crippen molar-refractivity contribution < 1.29 is 18.3 Å². The van der Waals surface area contributed by atoms with E-state index in [-0.39, 0.29) is 11.5 Å². The monoisotopic (exact) mass is 354 g/mol. The van der Waals surface area contributed by atoms with Gasteiger partial charge in [-0.15, -0.1) is 10.2 Å². The smallest absolute Gasteiger partial charge is 0.331 e. The van der Waals surface area contributed by atoms with Crippen molar-refractivity contribution in [3.63, 3.8) is 0 Å². The number of hydrogen-bond acceptors (Lipinski definition) is 5. The predicted molar refractivity (Wildman–Crippen MR) is 76.7 cm³/mol. The number of aryl methyl sites for hydroxylation is 1. The van der Waals surface area contributed by atoms with Gasteiger partial charge in [0.1, 0.15) is 5.82 Å². The second-order valence-electron chi connectivity index (χ2n) is 4.24. The number of benzene rings is 1. The molecule has 2 rings (SSSR count). The average molecular weight is 355 g/mol. The SMILES string of the molecule is Cc1nnc(C(C)OC(=O)/C=C/c2cc(Br)ccc2F)o1. The van der Waals surface area contributed by atoms with Crippen LogP contribution in [0.25, 0.3) is 6.08 Å². The van der Waals surface area contributed by atoms with E-state index in [4.69, 9.17) is 9.15 Å². The number of rotatable bonds is 4. The minimum Gasteiger partial charge on any atom is -0.449 e. The first kappa shape index (κ1) is 15.4. The van der Waals surface area contributed by atoms with Gasteiger partial charge in [0.05, 0.1) is 0 Å². The van der Waals surface area contributed by atoms with Crippen LogP contribution in [0.15, 0.2) is 33.2 Å². The van der Waals surface area contributed by atoms with Crippen LogP contribution in [-0.4, -0.2) is 16.2 Å². The molecule has 2 aromatic rings. The van der Waals surface area contributed by atoms with Gasteiger partial charge in [0, 0.05) is 23.0 Å². The number of esters is 1. The molecule has 0 N–H and O–H groups in total. The Morgan fingerprint density at radius 1 is 1.48 bits per heavy atom. The van der Waals surface area contributed by atoms with Gasteiger partial charge in [-0.3, -0.25) is 0 Å². The Labute approximate surface area is 128 Å². The summed E-state index contributed by atoms with van der Waals surface area (Å²) >= 11 is 3.23. The molecule has 0 saturated heterocycles. The lowest BCUT2D eigenvalue weighted by Gasteiger charge is -2.06. The molecule has 1 heterocycles. The van der Waals surface area contributed by atoms with Crippen molar-refractivity contribution in [1.82, 2.24) is 10.2 Å². The van der Waals surface area contributed by atoms with Gasteiger partial charge in [0.2, 0.25) is 5.89 Å². The number of hydrogen-bond donors (Lipinski definition) is 0. The summed E-state index contributed by atoms with van der Waals surface area (Å²) in [7, 11) is 0. The summed E-state index contributed by atoms with van der Waals surface area (Å²) in [6, 6.07) is 4.44. The third kappa shape index (κ3) is 4.22. The fourth-order valence-corrected chi connectivity index (χ4v) is 1.92. The summed E-state index contributed by atoms with van der Waals surface area (Å²) in [6.07, 6.45) is 1.81. The van der Waals surface area contributed by atoms with Crippen molar-refractivity contribution in [3.8, 4) is 0 Å². The second kappa shape index (κ2) is 6.62. The molecule has 0 saturated carbocycles. The van der Waals surface area contributed by atoms with E-state index in [1.165, 1.54) is 12.1 Å². The molecule has 0 aliphatic rings. The molecule has 1 aromatic carbocycles. The molecule has 1 atom stereocenters. The first-order valence-electron chi connectivity index (χ1n) is 6.09. The van der Waals surface area contributed by atoms with Crippen molar-refractivity contribution in [2.24, 2.45) is 0 Å². The van der Waals surface area contributed by atoms with Crippen molar-refractivity contribution in [1.29, 1.82) is 0 Å². The average Bonchev–Trinajstić information content (AvgIpc) is 2.86. The van der Waals surface area contributed by atoms with E-state index in [2.05, 4.69) is 26.1 Å². The Kier molecular flexibility index (Phi) is 4.85. The highest BCUT2D eigenvalue weighted by Crippen LogP contribution is 2.18. The van der Waals surface area contributed by atoms with Crippen LogP contribution in [0, 0.1) is 12.7 Å². The lowest BCUT2D eigenvalue weighted by atomic mass is 10.2. The zero-order valence-electron chi connectivity index (χ0n) is 11.3. The maximum Gasteiger partial charge on any atom is 0.331 e.